The van der Waals surface area contributed by atoms with E-state index in [1.165, 1.54) is 35.4 Å². The lowest BCUT2D eigenvalue weighted by atomic mass is 9.67. The van der Waals surface area contributed by atoms with Crippen LogP contribution in [0.25, 0.3) is 45.5 Å². The van der Waals surface area contributed by atoms with Crippen LogP contribution in [0.2, 0.25) is 0 Å². The summed E-state index contributed by atoms with van der Waals surface area (Å²) in [4.78, 5) is 3.70. The molecular weight excluding hydrogens is 1310 g/mol. The van der Waals surface area contributed by atoms with E-state index in [0.717, 1.165) is 101 Å². The predicted octanol–water partition coefficient (Wildman–Crippen LogP) is 27.0. The van der Waals surface area contributed by atoms with Crippen LogP contribution in [-0.2, 0) is 21.7 Å². The number of halogens is 4. The largest absolute Gasteiger partial charge is 0.457 e. The Morgan fingerprint density at radius 1 is 0.302 bits per heavy atom. The smallest absolute Gasteiger partial charge is 0.150 e. The minimum Gasteiger partial charge on any atom is -0.457 e. The van der Waals surface area contributed by atoms with Crippen molar-refractivity contribution in [1.29, 1.82) is 0 Å². The summed E-state index contributed by atoms with van der Waals surface area (Å²) in [6.07, 6.45) is 3.60. The highest BCUT2D eigenvalue weighted by Crippen LogP contribution is 2.60. The van der Waals surface area contributed by atoms with Gasteiger partial charge in [-0.25, -0.2) is 17.6 Å². The summed E-state index contributed by atoms with van der Waals surface area (Å²) in [6, 6.07) is 103. The van der Waals surface area contributed by atoms with Crippen LogP contribution in [-0.4, -0.2) is 0 Å². The molecule has 0 fully saturated rings. The van der Waals surface area contributed by atoms with Crippen molar-refractivity contribution >= 4 is 46.3 Å². The van der Waals surface area contributed by atoms with Gasteiger partial charge in [0.05, 0.1) is 22.2 Å². The molecule has 2 atom stereocenters. The van der Waals surface area contributed by atoms with Crippen LogP contribution < -0.4 is 19.3 Å². The third kappa shape index (κ3) is 12.0. The number of rotatable bonds is 17. The number of benzene rings is 14. The fourth-order valence-corrected chi connectivity index (χ4v) is 15.8. The summed E-state index contributed by atoms with van der Waals surface area (Å²) in [5.74, 6) is -0.0996. The first-order valence-electron chi connectivity index (χ1n) is 35.7. The minimum atomic E-state index is -0.872. The average Bonchev–Trinajstić information content (AvgIpc) is 1.53. The van der Waals surface area contributed by atoms with E-state index in [9.17, 15) is 0 Å². The zero-order valence-electron chi connectivity index (χ0n) is 59.8. The summed E-state index contributed by atoms with van der Waals surface area (Å²) in [7, 11) is 0. The van der Waals surface area contributed by atoms with Crippen LogP contribution in [0.5, 0.6) is 23.0 Å². The molecule has 0 saturated carbocycles. The Morgan fingerprint density at radius 3 is 0.925 bits per heavy atom. The predicted molar refractivity (Wildman–Crippen MR) is 426 cm³/mol. The molecule has 2 aliphatic rings. The van der Waals surface area contributed by atoms with Crippen LogP contribution in [0.3, 0.4) is 0 Å². The second-order valence-electron chi connectivity index (χ2n) is 29.5. The Kier molecular flexibility index (Phi) is 17.3. The maximum Gasteiger partial charge on any atom is 0.150 e. The highest BCUT2D eigenvalue weighted by atomic mass is 19.1. The van der Waals surface area contributed by atoms with Gasteiger partial charge < -0.3 is 19.3 Å². The van der Waals surface area contributed by atoms with Crippen molar-refractivity contribution in [3.8, 4) is 56.4 Å². The molecule has 106 heavy (non-hydrogen) atoms. The van der Waals surface area contributed by atoms with Gasteiger partial charge in [-0.2, -0.15) is 0 Å². The fraction of sp³-hybridized carbons (Fsp3) is 0.102. The van der Waals surface area contributed by atoms with Gasteiger partial charge in [0, 0.05) is 34.9 Å². The van der Waals surface area contributed by atoms with E-state index >= 15 is 17.6 Å². The first-order chi connectivity index (χ1) is 51.3. The standard InChI is InChI=1S/C98H76F4N2O2/c1-9-63-19-47-79(48-20-63)105-81-51-35-71(36-52-81)97(69-31-27-67(28-32-69)95(3,4)5)87-17-13-11-15-83(87)85-55-45-77(61-89(85)97)103(93-57-39-73(99)59-91(93)101)75-41-23-65(24-42-75)66-25-43-76(44-26-66)104(94-58-40-74(100)60-92(94)102)78-46-56-86-84-16-12-14-18-88(84)98(90(86)62-78,70-33-29-68(30-34-70)96(6,7)8)72-37-53-82(54-38-72)106-80-49-21-64(10-2)22-50-80/h9-62H,1-2H2,3-8H3. The number of hydrogen-bond donors (Lipinski definition) is 0. The van der Waals surface area contributed by atoms with Crippen LogP contribution in [0.4, 0.5) is 51.7 Å². The summed E-state index contributed by atoms with van der Waals surface area (Å²) < 4.78 is 76.8. The van der Waals surface area contributed by atoms with E-state index < -0.39 is 34.1 Å². The highest BCUT2D eigenvalue weighted by molar-refractivity contribution is 5.92. The van der Waals surface area contributed by atoms with Gasteiger partial charge >= 0.3 is 0 Å². The van der Waals surface area contributed by atoms with Gasteiger partial charge in [-0.05, 0) is 232 Å². The summed E-state index contributed by atoms with van der Waals surface area (Å²) in [5, 5.41) is 0. The van der Waals surface area contributed by atoms with Crippen molar-refractivity contribution in [2.45, 2.75) is 63.2 Å². The molecule has 0 saturated heterocycles. The number of hydrogen-bond acceptors (Lipinski definition) is 4. The Balaban J connectivity index is 0.786. The Morgan fingerprint density at radius 2 is 0.604 bits per heavy atom. The molecule has 0 aliphatic heterocycles. The second kappa shape index (κ2) is 26.9. The van der Waals surface area contributed by atoms with Crippen molar-refractivity contribution in [2.75, 3.05) is 9.80 Å². The topological polar surface area (TPSA) is 24.9 Å². The molecule has 14 aromatic carbocycles. The third-order valence-corrected chi connectivity index (χ3v) is 21.1. The van der Waals surface area contributed by atoms with Crippen molar-refractivity contribution in [2.24, 2.45) is 0 Å². The van der Waals surface area contributed by atoms with Gasteiger partial charge in [0.25, 0.3) is 0 Å². The van der Waals surface area contributed by atoms with E-state index in [-0.39, 0.29) is 22.2 Å². The normalized spacial score (nSPS) is 14.8. The molecule has 14 aromatic rings. The van der Waals surface area contributed by atoms with Crippen molar-refractivity contribution in [1.82, 2.24) is 0 Å². The molecule has 518 valence electrons. The van der Waals surface area contributed by atoms with Crippen LogP contribution in [0, 0.1) is 23.3 Å². The quantitative estimate of drug-likeness (QED) is 0.0849. The average molecular weight is 1390 g/mol. The van der Waals surface area contributed by atoms with E-state index in [4.69, 9.17) is 9.47 Å². The molecule has 2 aliphatic carbocycles. The van der Waals surface area contributed by atoms with Crippen molar-refractivity contribution < 1.29 is 27.0 Å². The molecule has 4 nitrogen and oxygen atoms in total. The maximum absolute atomic E-state index is 16.9. The molecule has 2 unspecified atom stereocenters. The SMILES string of the molecule is C=Cc1ccc(Oc2ccc(C3(c4ccc(C(C)(C)C)cc4)c4ccccc4-c4ccc(N(c5ccc(-c6ccc(N(c7ccc8c(c7)C(c7ccc(Oc9ccc(C=C)cc9)cc7)(c7ccc(C(C)(C)C)cc7)c7ccccc7-8)c7ccc(F)cc7F)cc6)cc5)c5ccc(F)cc5F)cc43)cc2)cc1. The van der Waals surface area contributed by atoms with Gasteiger partial charge in [-0.1, -0.05) is 249 Å². The molecular formula is C98H76F4N2O2. The number of anilines is 6. The fourth-order valence-electron chi connectivity index (χ4n) is 15.8. The summed E-state index contributed by atoms with van der Waals surface area (Å²) in [5.41, 5.74) is 19.4. The zero-order valence-corrected chi connectivity index (χ0v) is 59.8. The zero-order chi connectivity index (χ0) is 73.2. The molecule has 8 heteroatoms. The van der Waals surface area contributed by atoms with Crippen LogP contribution >= 0.6 is 0 Å². The maximum atomic E-state index is 16.9. The van der Waals surface area contributed by atoms with Crippen molar-refractivity contribution in [3.63, 3.8) is 0 Å². The molecule has 0 spiro atoms. The number of nitrogens with zero attached hydrogens (tertiary/aromatic N) is 2. The third-order valence-electron chi connectivity index (χ3n) is 21.1. The lowest BCUT2D eigenvalue weighted by molar-refractivity contribution is 0.482. The molecule has 0 bridgehead atoms. The second-order valence-corrected chi connectivity index (χ2v) is 29.5. The Labute approximate surface area is 617 Å². The molecule has 0 amide bonds. The van der Waals surface area contributed by atoms with Gasteiger partial charge in [-0.3, -0.25) is 0 Å². The van der Waals surface area contributed by atoms with Crippen LogP contribution in [0.1, 0.15) is 108 Å². The van der Waals surface area contributed by atoms with E-state index in [1.54, 1.807) is 12.2 Å². The first kappa shape index (κ1) is 67.9. The Bertz CT molecular complexity index is 5310. The van der Waals surface area contributed by atoms with E-state index in [1.807, 2.05) is 143 Å². The monoisotopic (exact) mass is 1390 g/mol. The van der Waals surface area contributed by atoms with Gasteiger partial charge in [0.2, 0.25) is 0 Å². The molecule has 0 heterocycles. The highest BCUT2D eigenvalue weighted by Gasteiger charge is 2.49. The van der Waals surface area contributed by atoms with Gasteiger partial charge in [-0.15, -0.1) is 0 Å². The van der Waals surface area contributed by atoms with Crippen molar-refractivity contribution in [3.05, 3.63) is 419 Å². The molecule has 0 radical (unpaired) electrons. The van der Waals surface area contributed by atoms with Gasteiger partial charge in [0.15, 0.2) is 0 Å². The molecule has 16 rings (SSSR count). The minimum absolute atomic E-state index is 0.110. The van der Waals surface area contributed by atoms with E-state index in [2.05, 4.69) is 200 Å². The first-order valence-corrected chi connectivity index (χ1v) is 35.7. The Hall–Kier alpha value is -12.5. The number of ether oxygens (including phenoxy) is 2. The van der Waals surface area contributed by atoms with Crippen LogP contribution in [0.15, 0.2) is 329 Å². The van der Waals surface area contributed by atoms with Gasteiger partial charge in [0.1, 0.15) is 46.3 Å². The molecule has 0 N–H and O–H groups in total. The molecule has 0 aromatic heterocycles. The number of fused-ring (bicyclic) bond motifs is 6. The summed E-state index contributed by atoms with van der Waals surface area (Å²) in [6.45, 7) is 21.1. The summed E-state index contributed by atoms with van der Waals surface area (Å²) >= 11 is 0. The lowest BCUT2D eigenvalue weighted by Crippen LogP contribution is -2.29. The van der Waals surface area contributed by atoms with E-state index in [0.29, 0.717) is 45.7 Å². The lowest BCUT2D eigenvalue weighted by Gasteiger charge is -2.35.